The molecular weight excluding hydrogens is 546 g/mol. The van der Waals surface area contributed by atoms with E-state index >= 15 is 0 Å². The average molecular weight is 582 g/mol. The molecule has 0 bridgehead atoms. The van der Waals surface area contributed by atoms with Gasteiger partial charge in [0.25, 0.3) is 11.8 Å². The van der Waals surface area contributed by atoms with Gasteiger partial charge in [-0.25, -0.2) is 0 Å². The van der Waals surface area contributed by atoms with Crippen molar-refractivity contribution in [3.8, 4) is 0 Å². The van der Waals surface area contributed by atoms with Crippen molar-refractivity contribution in [1.29, 1.82) is 0 Å². The Bertz CT molecular complexity index is 1670. The third-order valence-corrected chi connectivity index (χ3v) is 9.76. The molecule has 1 aromatic heterocycles. The summed E-state index contributed by atoms with van der Waals surface area (Å²) in [7, 11) is 0. The zero-order valence-electron chi connectivity index (χ0n) is 24.0. The maximum Gasteiger partial charge on any atom is 0.262 e. The number of nitrogens with one attached hydrogen (secondary N) is 3. The number of aromatic nitrogens is 2. The number of piperidine rings is 1. The Balaban J connectivity index is 0.927. The quantitative estimate of drug-likeness (QED) is 0.364. The number of hydrogen-bond donors (Lipinski definition) is 3. The summed E-state index contributed by atoms with van der Waals surface area (Å²) in [6.07, 6.45) is 4.75. The van der Waals surface area contributed by atoms with E-state index < -0.39 is 23.8 Å². The van der Waals surface area contributed by atoms with Gasteiger partial charge in [-0.05, 0) is 74.4 Å². The number of rotatable bonds is 7. The molecule has 2 aliphatic carbocycles. The minimum absolute atomic E-state index is 0.104. The van der Waals surface area contributed by atoms with E-state index in [1.54, 1.807) is 12.1 Å². The highest BCUT2D eigenvalue weighted by Gasteiger charge is 2.44. The molecule has 2 aromatic carbocycles. The van der Waals surface area contributed by atoms with Crippen molar-refractivity contribution in [1.82, 2.24) is 25.3 Å². The number of fused-ring (bicyclic) bond motifs is 2. The Morgan fingerprint density at radius 3 is 2.47 bits per heavy atom. The minimum Gasteiger partial charge on any atom is -0.385 e. The first-order valence-corrected chi connectivity index (χ1v) is 15.5. The van der Waals surface area contributed by atoms with Gasteiger partial charge in [0.15, 0.2) is 0 Å². The van der Waals surface area contributed by atoms with Crippen LogP contribution in [0, 0.1) is 5.92 Å². The zero-order valence-corrected chi connectivity index (χ0v) is 24.0. The first-order chi connectivity index (χ1) is 20.9. The SMILES string of the molecule is O=C1CCC(N2C(=O)c3ccc(NC[C@H]4C[C@H](n5nc(C6CC6)c6cc(N7CCNCC7)ccc65)C4)cc3C2=O)C(=O)N1. The second-order valence-corrected chi connectivity index (χ2v) is 12.6. The van der Waals surface area contributed by atoms with Crippen molar-refractivity contribution in [3.05, 3.63) is 53.2 Å². The van der Waals surface area contributed by atoms with Crippen molar-refractivity contribution in [3.63, 3.8) is 0 Å². The van der Waals surface area contributed by atoms with Gasteiger partial charge in [-0.1, -0.05) is 0 Å². The van der Waals surface area contributed by atoms with Gasteiger partial charge in [0, 0.05) is 61.8 Å². The molecule has 2 saturated carbocycles. The number of imide groups is 2. The Morgan fingerprint density at radius 1 is 0.907 bits per heavy atom. The summed E-state index contributed by atoms with van der Waals surface area (Å²) in [5.74, 6) is -0.900. The zero-order chi connectivity index (χ0) is 29.2. The molecule has 8 rings (SSSR count). The molecule has 1 atom stereocenters. The highest BCUT2D eigenvalue weighted by Crippen LogP contribution is 2.46. The number of carbonyl (C=O) groups excluding carboxylic acids is 4. The van der Waals surface area contributed by atoms with Crippen LogP contribution in [0.25, 0.3) is 10.9 Å². The van der Waals surface area contributed by atoms with E-state index in [0.29, 0.717) is 29.0 Å². The first-order valence-electron chi connectivity index (χ1n) is 15.5. The monoisotopic (exact) mass is 581 g/mol. The number of anilines is 2. The lowest BCUT2D eigenvalue weighted by molar-refractivity contribution is -0.136. The Kier molecular flexibility index (Phi) is 6.25. The van der Waals surface area contributed by atoms with Crippen molar-refractivity contribution < 1.29 is 19.2 Å². The van der Waals surface area contributed by atoms with Crippen molar-refractivity contribution in [2.45, 2.75) is 56.5 Å². The smallest absolute Gasteiger partial charge is 0.262 e. The number of amides is 4. The molecule has 4 heterocycles. The number of carbonyl (C=O) groups is 4. The average Bonchev–Trinajstić information content (AvgIpc) is 3.73. The van der Waals surface area contributed by atoms with Gasteiger partial charge in [-0.15, -0.1) is 0 Å². The van der Waals surface area contributed by atoms with E-state index in [-0.39, 0.29) is 18.7 Å². The van der Waals surface area contributed by atoms with Crippen LogP contribution in [0.3, 0.4) is 0 Å². The van der Waals surface area contributed by atoms with Crippen LogP contribution >= 0.6 is 0 Å². The van der Waals surface area contributed by atoms with E-state index in [0.717, 1.165) is 56.2 Å². The van der Waals surface area contributed by atoms with E-state index in [4.69, 9.17) is 5.10 Å². The molecule has 222 valence electrons. The predicted octanol–water partition coefficient (Wildman–Crippen LogP) is 2.79. The highest BCUT2D eigenvalue weighted by atomic mass is 16.2. The van der Waals surface area contributed by atoms with Crippen molar-refractivity contribution in [2.24, 2.45) is 5.92 Å². The standard InChI is InChI=1S/C32H35N7O4/c40-28-8-7-27(30(41)35-28)38-31(42)23-5-3-20(15-24(23)32(38)43)34-17-18-13-22(14-18)39-26-6-4-21(37-11-9-33-10-12-37)16-25(26)29(36-39)19-1-2-19/h3-6,15-16,18-19,22,27,33-34H,1-2,7-14,17H2,(H,35,40,41)/t18-,22-,27?. The molecule has 4 fully saturated rings. The van der Waals surface area contributed by atoms with Crippen LogP contribution in [-0.2, 0) is 9.59 Å². The molecule has 5 aliphatic rings. The number of benzene rings is 2. The summed E-state index contributed by atoms with van der Waals surface area (Å²) in [6.45, 7) is 4.86. The molecule has 43 heavy (non-hydrogen) atoms. The topological polar surface area (TPSA) is 129 Å². The van der Waals surface area contributed by atoms with Crippen LogP contribution in [0.4, 0.5) is 11.4 Å². The maximum atomic E-state index is 13.2. The van der Waals surface area contributed by atoms with Crippen molar-refractivity contribution in [2.75, 3.05) is 42.9 Å². The van der Waals surface area contributed by atoms with Crippen LogP contribution in [-0.4, -0.2) is 77.1 Å². The van der Waals surface area contributed by atoms with E-state index in [1.165, 1.54) is 35.1 Å². The summed E-state index contributed by atoms with van der Waals surface area (Å²) >= 11 is 0. The Labute approximate surface area is 248 Å². The van der Waals surface area contributed by atoms with E-state index in [1.807, 2.05) is 6.07 Å². The molecule has 0 radical (unpaired) electrons. The third-order valence-electron chi connectivity index (χ3n) is 9.76. The molecule has 0 spiro atoms. The Hall–Kier alpha value is -4.25. The summed E-state index contributed by atoms with van der Waals surface area (Å²) in [6, 6.07) is 11.4. The fraction of sp³-hybridized carbons (Fsp3) is 0.469. The highest BCUT2D eigenvalue weighted by molar-refractivity contribution is 6.23. The molecule has 3 N–H and O–H groups in total. The summed E-state index contributed by atoms with van der Waals surface area (Å²) < 4.78 is 2.27. The van der Waals surface area contributed by atoms with Crippen LogP contribution in [0.1, 0.15) is 76.9 Å². The lowest BCUT2D eigenvalue weighted by Crippen LogP contribution is -2.54. The van der Waals surface area contributed by atoms with Crippen LogP contribution in [0.15, 0.2) is 36.4 Å². The van der Waals surface area contributed by atoms with Gasteiger partial charge in [0.05, 0.1) is 28.4 Å². The van der Waals surface area contributed by atoms with Crippen LogP contribution < -0.4 is 20.9 Å². The molecule has 2 saturated heterocycles. The molecule has 4 amide bonds. The lowest BCUT2D eigenvalue weighted by atomic mass is 9.80. The molecule has 11 heteroatoms. The lowest BCUT2D eigenvalue weighted by Gasteiger charge is -2.36. The molecule has 11 nitrogen and oxygen atoms in total. The van der Waals surface area contributed by atoms with Crippen molar-refractivity contribution >= 4 is 45.9 Å². The van der Waals surface area contributed by atoms with Crippen LogP contribution in [0.5, 0.6) is 0 Å². The van der Waals surface area contributed by atoms with E-state index in [2.05, 4.69) is 43.7 Å². The summed E-state index contributed by atoms with van der Waals surface area (Å²) in [5, 5.41) is 15.6. The largest absolute Gasteiger partial charge is 0.385 e. The molecule has 1 unspecified atom stereocenters. The van der Waals surface area contributed by atoms with Gasteiger partial charge < -0.3 is 15.5 Å². The maximum absolute atomic E-state index is 13.2. The fourth-order valence-electron chi connectivity index (χ4n) is 7.12. The molecular formula is C32H35N7O4. The number of piperazine rings is 1. The van der Waals surface area contributed by atoms with Gasteiger partial charge in [-0.3, -0.25) is 34.1 Å². The molecule has 3 aliphatic heterocycles. The summed E-state index contributed by atoms with van der Waals surface area (Å²) in [4.78, 5) is 53.5. The number of hydrogen-bond acceptors (Lipinski definition) is 8. The first kappa shape index (κ1) is 26.4. The molecule has 3 aromatic rings. The number of nitrogens with zero attached hydrogens (tertiary/aromatic N) is 4. The fourth-order valence-corrected chi connectivity index (χ4v) is 7.12. The van der Waals surface area contributed by atoms with Gasteiger partial charge in [0.1, 0.15) is 6.04 Å². The second kappa shape index (κ2) is 10.2. The normalized spacial score (nSPS) is 25.6. The van der Waals surface area contributed by atoms with Gasteiger partial charge in [-0.2, -0.15) is 5.10 Å². The third kappa shape index (κ3) is 4.57. The predicted molar refractivity (Wildman–Crippen MR) is 160 cm³/mol. The van der Waals surface area contributed by atoms with Crippen LogP contribution in [0.2, 0.25) is 0 Å². The van der Waals surface area contributed by atoms with Gasteiger partial charge >= 0.3 is 0 Å². The second-order valence-electron chi connectivity index (χ2n) is 12.6. The Morgan fingerprint density at radius 2 is 1.70 bits per heavy atom. The summed E-state index contributed by atoms with van der Waals surface area (Å²) in [5.41, 5.74) is 5.15. The van der Waals surface area contributed by atoms with Gasteiger partial charge in [0.2, 0.25) is 11.8 Å². The van der Waals surface area contributed by atoms with E-state index in [9.17, 15) is 19.2 Å². The minimum atomic E-state index is -0.958.